The Morgan fingerprint density at radius 2 is 2.17 bits per heavy atom. The van der Waals surface area contributed by atoms with Crippen LogP contribution in [0.2, 0.25) is 0 Å². The summed E-state index contributed by atoms with van der Waals surface area (Å²) in [7, 11) is 0. The number of ether oxygens (including phenoxy) is 1. The number of halogens is 1. The van der Waals surface area contributed by atoms with E-state index in [1.54, 1.807) is 28.2 Å². The number of hydrogen-bond acceptors (Lipinski definition) is 4. The highest BCUT2D eigenvalue weighted by Gasteiger charge is 2.38. The van der Waals surface area contributed by atoms with Crippen LogP contribution < -0.4 is 4.74 Å². The van der Waals surface area contributed by atoms with Crippen LogP contribution in [0.25, 0.3) is 0 Å². The number of carbonyl (C=O) groups is 1. The van der Waals surface area contributed by atoms with Crippen molar-refractivity contribution < 1.29 is 19.0 Å². The summed E-state index contributed by atoms with van der Waals surface area (Å²) < 4.78 is 20.0. The van der Waals surface area contributed by atoms with Crippen LogP contribution in [-0.4, -0.2) is 50.8 Å². The van der Waals surface area contributed by atoms with Gasteiger partial charge >= 0.3 is 0 Å². The first-order valence-electron chi connectivity index (χ1n) is 7.38. The van der Waals surface area contributed by atoms with E-state index in [-0.39, 0.29) is 31.4 Å². The van der Waals surface area contributed by atoms with Gasteiger partial charge in [0.05, 0.1) is 12.9 Å². The molecule has 1 atom stereocenters. The normalized spacial score (nSPS) is 20.7. The first-order chi connectivity index (χ1) is 11.0. The molecule has 6 nitrogen and oxygen atoms in total. The lowest BCUT2D eigenvalue weighted by atomic mass is 10.1. The second kappa shape index (κ2) is 6.37. The fourth-order valence-corrected chi connectivity index (χ4v) is 2.57. The molecule has 3 rings (SSSR count). The standard InChI is InChI=1S/C16H18FN3O3/c17-13-1-3-14(4-2-13)23-11-16(22)5-7-20(10-16)15(21)9-19-8-6-18-12-19/h1-4,6,8,12,22H,5,7,9-11H2/t16-/m1/s1. The molecule has 1 fully saturated rings. The highest BCUT2D eigenvalue weighted by Crippen LogP contribution is 2.23. The minimum atomic E-state index is -1.08. The molecule has 0 unspecified atom stereocenters. The third-order valence-electron chi connectivity index (χ3n) is 3.88. The summed E-state index contributed by atoms with van der Waals surface area (Å²) in [6.07, 6.45) is 5.36. The predicted molar refractivity (Wildman–Crippen MR) is 80.3 cm³/mol. The molecular weight excluding hydrogens is 301 g/mol. The average Bonchev–Trinajstić information content (AvgIpc) is 3.17. The SMILES string of the molecule is O=C(Cn1ccnc1)N1CC[C@](O)(COc2ccc(F)cc2)C1. The summed E-state index contributed by atoms with van der Waals surface area (Å²) in [5, 5.41) is 10.5. The van der Waals surface area contributed by atoms with Crippen molar-refractivity contribution in [2.75, 3.05) is 19.7 Å². The number of aromatic nitrogens is 2. The van der Waals surface area contributed by atoms with E-state index in [1.807, 2.05) is 0 Å². The van der Waals surface area contributed by atoms with Crippen molar-refractivity contribution in [1.82, 2.24) is 14.5 Å². The van der Waals surface area contributed by atoms with Crippen molar-refractivity contribution in [3.05, 3.63) is 48.8 Å². The fraction of sp³-hybridized carbons (Fsp3) is 0.375. The van der Waals surface area contributed by atoms with Crippen LogP contribution in [0.5, 0.6) is 5.75 Å². The van der Waals surface area contributed by atoms with Crippen molar-refractivity contribution in [2.24, 2.45) is 0 Å². The van der Waals surface area contributed by atoms with Crippen LogP contribution in [0.3, 0.4) is 0 Å². The van der Waals surface area contributed by atoms with Gasteiger partial charge in [0.25, 0.3) is 0 Å². The van der Waals surface area contributed by atoms with Gasteiger partial charge in [-0.2, -0.15) is 0 Å². The zero-order chi connectivity index (χ0) is 16.3. The van der Waals surface area contributed by atoms with Gasteiger partial charge < -0.3 is 19.3 Å². The van der Waals surface area contributed by atoms with E-state index in [4.69, 9.17) is 4.74 Å². The van der Waals surface area contributed by atoms with E-state index < -0.39 is 5.60 Å². The summed E-state index contributed by atoms with van der Waals surface area (Å²) in [4.78, 5) is 17.7. The molecule has 1 aliphatic rings. The van der Waals surface area contributed by atoms with Crippen molar-refractivity contribution in [2.45, 2.75) is 18.6 Å². The minimum absolute atomic E-state index is 0.0630. The highest BCUT2D eigenvalue weighted by atomic mass is 19.1. The molecule has 1 amide bonds. The summed E-state index contributed by atoms with van der Waals surface area (Å²) in [6, 6.07) is 5.62. The number of β-amino-alcohol motifs (C(OH)–C–C–N with tert-alkyl or cyclic N) is 1. The van der Waals surface area contributed by atoms with Gasteiger partial charge in [-0.15, -0.1) is 0 Å². The molecule has 0 bridgehead atoms. The molecule has 122 valence electrons. The first kappa shape index (κ1) is 15.5. The van der Waals surface area contributed by atoms with Gasteiger partial charge in [0.1, 0.15) is 30.3 Å². The number of nitrogens with zero attached hydrogens (tertiary/aromatic N) is 3. The number of imidazole rings is 1. The van der Waals surface area contributed by atoms with Crippen LogP contribution in [0.1, 0.15) is 6.42 Å². The molecule has 1 aromatic carbocycles. The monoisotopic (exact) mass is 319 g/mol. The van der Waals surface area contributed by atoms with Crippen LogP contribution in [0, 0.1) is 5.82 Å². The second-order valence-corrected chi connectivity index (χ2v) is 5.77. The number of benzene rings is 1. The molecule has 23 heavy (non-hydrogen) atoms. The molecule has 2 heterocycles. The molecule has 1 N–H and O–H groups in total. The van der Waals surface area contributed by atoms with Gasteiger partial charge in [-0.25, -0.2) is 9.37 Å². The molecule has 1 saturated heterocycles. The van der Waals surface area contributed by atoms with Crippen molar-refractivity contribution in [3.8, 4) is 5.75 Å². The molecule has 0 spiro atoms. The maximum atomic E-state index is 12.8. The summed E-state index contributed by atoms with van der Waals surface area (Å²) in [5.74, 6) is 0.0805. The number of hydrogen-bond donors (Lipinski definition) is 1. The Labute approximate surface area is 133 Å². The van der Waals surface area contributed by atoms with Crippen molar-refractivity contribution in [3.63, 3.8) is 0 Å². The van der Waals surface area contributed by atoms with Crippen LogP contribution >= 0.6 is 0 Å². The molecule has 1 aliphatic heterocycles. The Morgan fingerprint density at radius 3 is 2.87 bits per heavy atom. The average molecular weight is 319 g/mol. The zero-order valence-electron chi connectivity index (χ0n) is 12.6. The lowest BCUT2D eigenvalue weighted by molar-refractivity contribution is -0.132. The maximum absolute atomic E-state index is 12.8. The smallest absolute Gasteiger partial charge is 0.242 e. The number of rotatable bonds is 5. The van der Waals surface area contributed by atoms with Crippen LogP contribution in [0.4, 0.5) is 4.39 Å². The molecular formula is C16H18FN3O3. The van der Waals surface area contributed by atoms with Crippen molar-refractivity contribution >= 4 is 5.91 Å². The molecule has 2 aromatic rings. The molecule has 0 saturated carbocycles. The Morgan fingerprint density at radius 1 is 1.39 bits per heavy atom. The van der Waals surface area contributed by atoms with Gasteiger partial charge in [-0.05, 0) is 30.7 Å². The van der Waals surface area contributed by atoms with E-state index >= 15 is 0 Å². The number of likely N-dealkylation sites (tertiary alicyclic amines) is 1. The molecule has 1 aromatic heterocycles. The van der Waals surface area contributed by atoms with Crippen molar-refractivity contribution in [1.29, 1.82) is 0 Å². The quantitative estimate of drug-likeness (QED) is 0.895. The lowest BCUT2D eigenvalue weighted by Gasteiger charge is -2.23. The third kappa shape index (κ3) is 3.87. The van der Waals surface area contributed by atoms with Crippen LogP contribution in [0.15, 0.2) is 43.0 Å². The third-order valence-corrected chi connectivity index (χ3v) is 3.88. The Kier molecular flexibility index (Phi) is 4.29. The summed E-state index contributed by atoms with van der Waals surface area (Å²) in [5.41, 5.74) is -1.08. The van der Waals surface area contributed by atoms with E-state index in [0.717, 1.165) is 0 Å². The largest absolute Gasteiger partial charge is 0.491 e. The Bertz CT molecular complexity index is 660. The lowest BCUT2D eigenvalue weighted by Crippen LogP contribution is -2.41. The Balaban J connectivity index is 1.53. The van der Waals surface area contributed by atoms with Gasteiger partial charge in [0.2, 0.25) is 5.91 Å². The van der Waals surface area contributed by atoms with Gasteiger partial charge in [-0.1, -0.05) is 0 Å². The summed E-state index contributed by atoms with van der Waals surface area (Å²) >= 11 is 0. The van der Waals surface area contributed by atoms with Gasteiger partial charge in [-0.3, -0.25) is 4.79 Å². The number of amides is 1. The fourth-order valence-electron chi connectivity index (χ4n) is 2.57. The minimum Gasteiger partial charge on any atom is -0.491 e. The first-order valence-corrected chi connectivity index (χ1v) is 7.38. The molecule has 0 aliphatic carbocycles. The predicted octanol–water partition coefficient (Wildman–Crippen LogP) is 1.06. The van der Waals surface area contributed by atoms with E-state index in [9.17, 15) is 14.3 Å². The van der Waals surface area contributed by atoms with E-state index in [0.29, 0.717) is 18.7 Å². The topological polar surface area (TPSA) is 67.6 Å². The van der Waals surface area contributed by atoms with E-state index in [2.05, 4.69) is 4.98 Å². The van der Waals surface area contributed by atoms with E-state index in [1.165, 1.54) is 24.3 Å². The zero-order valence-corrected chi connectivity index (χ0v) is 12.6. The van der Waals surface area contributed by atoms with Gasteiger partial charge in [0.15, 0.2) is 0 Å². The van der Waals surface area contributed by atoms with Gasteiger partial charge in [0, 0.05) is 18.9 Å². The Hall–Kier alpha value is -2.41. The molecule has 0 radical (unpaired) electrons. The highest BCUT2D eigenvalue weighted by molar-refractivity contribution is 5.76. The number of carbonyl (C=O) groups excluding carboxylic acids is 1. The molecule has 7 heteroatoms. The number of aliphatic hydroxyl groups is 1. The van der Waals surface area contributed by atoms with Crippen LogP contribution in [-0.2, 0) is 11.3 Å². The second-order valence-electron chi connectivity index (χ2n) is 5.77. The maximum Gasteiger partial charge on any atom is 0.242 e. The summed E-state index contributed by atoms with van der Waals surface area (Å²) in [6.45, 7) is 0.973.